The van der Waals surface area contributed by atoms with Crippen LogP contribution in [-0.2, 0) is 17.8 Å². The van der Waals surface area contributed by atoms with Gasteiger partial charge in [0.1, 0.15) is 5.01 Å². The Morgan fingerprint density at radius 1 is 1.07 bits per heavy atom. The molecule has 30 heavy (non-hydrogen) atoms. The Labute approximate surface area is 202 Å². The molecule has 0 saturated carbocycles. The maximum atomic E-state index is 12.7. The van der Waals surface area contributed by atoms with Gasteiger partial charge in [0.15, 0.2) is 5.96 Å². The summed E-state index contributed by atoms with van der Waals surface area (Å²) in [5.74, 6) is 1.26. The fourth-order valence-electron chi connectivity index (χ4n) is 3.88. The van der Waals surface area contributed by atoms with Crippen LogP contribution in [0.15, 0.2) is 11.2 Å². The average Bonchev–Trinajstić information content (AvgIpc) is 3.03. The van der Waals surface area contributed by atoms with Gasteiger partial charge >= 0.3 is 0 Å². The Bertz CT molecular complexity index is 666. The minimum atomic E-state index is 0. The number of amides is 1. The zero-order chi connectivity index (χ0) is 20.5. The number of aromatic nitrogens is 1. The number of aryl methyl sites for hydroxylation is 1. The zero-order valence-corrected chi connectivity index (χ0v) is 21.6. The Morgan fingerprint density at radius 3 is 2.37 bits per heavy atom. The molecule has 0 bridgehead atoms. The molecule has 170 valence electrons. The van der Waals surface area contributed by atoms with Gasteiger partial charge in [-0.25, -0.2) is 9.98 Å². The van der Waals surface area contributed by atoms with Crippen LogP contribution in [0, 0.1) is 0 Å². The molecule has 1 aromatic rings. The fraction of sp³-hybridized carbons (Fsp3) is 0.762. The maximum absolute atomic E-state index is 12.7. The molecular formula is C21H37IN6OS. The fourth-order valence-corrected chi connectivity index (χ4v) is 4.67. The topological polar surface area (TPSA) is 64.1 Å². The molecule has 1 N–H and O–H groups in total. The molecule has 0 spiro atoms. The van der Waals surface area contributed by atoms with Crippen molar-refractivity contribution in [3.05, 3.63) is 16.1 Å². The third-order valence-electron chi connectivity index (χ3n) is 5.64. The summed E-state index contributed by atoms with van der Waals surface area (Å²) in [7, 11) is 0. The lowest BCUT2D eigenvalue weighted by atomic mass is 10.2. The predicted octanol–water partition coefficient (Wildman–Crippen LogP) is 2.81. The van der Waals surface area contributed by atoms with Crippen molar-refractivity contribution < 1.29 is 4.79 Å². The van der Waals surface area contributed by atoms with Gasteiger partial charge in [0.25, 0.3) is 0 Å². The number of hydrogen-bond donors (Lipinski definition) is 1. The molecule has 3 rings (SSSR count). The standard InChI is InChI=1S/C21H36N6OS.HI/c1-3-18-15-23-19(29-18)16-24-21(22-4-2)27-13-11-25(12-14-27)17-20(28)26-9-7-5-6-8-10-26;/h15H,3-14,16-17H2,1-2H3,(H,22,24);1H. The second-order valence-electron chi connectivity index (χ2n) is 7.80. The van der Waals surface area contributed by atoms with Gasteiger partial charge < -0.3 is 15.1 Å². The number of halogens is 1. The normalized spacial score (nSPS) is 18.7. The molecule has 1 amide bonds. The molecule has 0 aliphatic carbocycles. The number of nitrogens with zero attached hydrogens (tertiary/aromatic N) is 5. The van der Waals surface area contributed by atoms with Crippen molar-refractivity contribution in [2.45, 2.75) is 52.5 Å². The number of piperazine rings is 1. The van der Waals surface area contributed by atoms with E-state index in [2.05, 4.69) is 38.8 Å². The molecule has 0 aromatic carbocycles. The highest BCUT2D eigenvalue weighted by Crippen LogP contribution is 2.15. The van der Waals surface area contributed by atoms with E-state index in [0.717, 1.165) is 76.0 Å². The minimum Gasteiger partial charge on any atom is -0.357 e. The second kappa shape index (κ2) is 13.5. The van der Waals surface area contributed by atoms with E-state index in [1.54, 1.807) is 11.3 Å². The van der Waals surface area contributed by atoms with Crippen LogP contribution in [0.25, 0.3) is 0 Å². The van der Waals surface area contributed by atoms with E-state index in [0.29, 0.717) is 19.0 Å². The Hall–Kier alpha value is -0.940. The van der Waals surface area contributed by atoms with E-state index in [4.69, 9.17) is 4.99 Å². The van der Waals surface area contributed by atoms with Crippen LogP contribution in [0.3, 0.4) is 0 Å². The first kappa shape index (κ1) is 25.3. The average molecular weight is 549 g/mol. The van der Waals surface area contributed by atoms with Crippen molar-refractivity contribution in [2.75, 3.05) is 52.4 Å². The lowest BCUT2D eigenvalue weighted by Crippen LogP contribution is -2.54. The molecule has 0 unspecified atom stereocenters. The van der Waals surface area contributed by atoms with E-state index >= 15 is 0 Å². The van der Waals surface area contributed by atoms with Gasteiger partial charge in [-0.3, -0.25) is 9.69 Å². The third-order valence-corrected chi connectivity index (χ3v) is 6.76. The number of thiazole rings is 1. The van der Waals surface area contributed by atoms with Crippen molar-refractivity contribution >= 4 is 47.2 Å². The van der Waals surface area contributed by atoms with Gasteiger partial charge in [-0.15, -0.1) is 35.3 Å². The van der Waals surface area contributed by atoms with E-state index in [9.17, 15) is 4.79 Å². The SMILES string of the molecule is CCNC(=NCc1ncc(CC)s1)N1CCN(CC(=O)N2CCCCCC2)CC1.I. The lowest BCUT2D eigenvalue weighted by Gasteiger charge is -2.37. The van der Waals surface area contributed by atoms with Crippen molar-refractivity contribution in [3.63, 3.8) is 0 Å². The molecule has 2 fully saturated rings. The summed E-state index contributed by atoms with van der Waals surface area (Å²) >= 11 is 1.75. The number of aliphatic imine (C=N–C) groups is 1. The van der Waals surface area contributed by atoms with Crippen molar-refractivity contribution in [1.82, 2.24) is 25.0 Å². The lowest BCUT2D eigenvalue weighted by molar-refractivity contribution is -0.132. The van der Waals surface area contributed by atoms with Crippen LogP contribution in [-0.4, -0.2) is 83.9 Å². The Kier molecular flexibility index (Phi) is 11.4. The molecule has 0 atom stereocenters. The molecule has 2 saturated heterocycles. The molecule has 2 aliphatic rings. The van der Waals surface area contributed by atoms with Gasteiger partial charge in [-0.2, -0.15) is 0 Å². The molecule has 0 radical (unpaired) electrons. The van der Waals surface area contributed by atoms with Crippen molar-refractivity contribution in [1.29, 1.82) is 0 Å². The van der Waals surface area contributed by atoms with Crippen LogP contribution < -0.4 is 5.32 Å². The van der Waals surface area contributed by atoms with E-state index in [-0.39, 0.29) is 24.0 Å². The number of carbonyl (C=O) groups excluding carboxylic acids is 1. The predicted molar refractivity (Wildman–Crippen MR) is 135 cm³/mol. The van der Waals surface area contributed by atoms with Gasteiger partial charge in [0.05, 0.1) is 13.1 Å². The summed E-state index contributed by atoms with van der Waals surface area (Å²) in [5, 5.41) is 4.49. The summed E-state index contributed by atoms with van der Waals surface area (Å²) in [6, 6.07) is 0. The number of hydrogen-bond acceptors (Lipinski definition) is 5. The van der Waals surface area contributed by atoms with Gasteiger partial charge in [0.2, 0.25) is 5.91 Å². The number of likely N-dealkylation sites (tertiary alicyclic amines) is 1. The van der Waals surface area contributed by atoms with E-state index in [1.165, 1.54) is 17.7 Å². The van der Waals surface area contributed by atoms with Gasteiger partial charge in [-0.05, 0) is 26.2 Å². The Morgan fingerprint density at radius 2 is 1.77 bits per heavy atom. The number of guanidine groups is 1. The maximum Gasteiger partial charge on any atom is 0.236 e. The highest BCUT2D eigenvalue weighted by atomic mass is 127. The van der Waals surface area contributed by atoms with Crippen molar-refractivity contribution in [2.24, 2.45) is 4.99 Å². The molecular weight excluding hydrogens is 511 g/mol. The smallest absolute Gasteiger partial charge is 0.236 e. The zero-order valence-electron chi connectivity index (χ0n) is 18.4. The number of nitrogens with one attached hydrogen (secondary N) is 1. The summed E-state index contributed by atoms with van der Waals surface area (Å²) < 4.78 is 0. The van der Waals surface area contributed by atoms with Gasteiger partial charge in [-0.1, -0.05) is 19.8 Å². The second-order valence-corrected chi connectivity index (χ2v) is 9.00. The third kappa shape index (κ3) is 7.64. The monoisotopic (exact) mass is 548 g/mol. The van der Waals surface area contributed by atoms with Gasteiger partial charge in [0, 0.05) is 56.9 Å². The molecule has 9 heteroatoms. The summed E-state index contributed by atoms with van der Waals surface area (Å²) in [6.07, 6.45) is 7.81. The molecule has 3 heterocycles. The molecule has 1 aromatic heterocycles. The van der Waals surface area contributed by atoms with Crippen LogP contribution in [0.2, 0.25) is 0 Å². The largest absolute Gasteiger partial charge is 0.357 e. The first-order valence-electron chi connectivity index (χ1n) is 11.2. The van der Waals surface area contributed by atoms with Crippen LogP contribution in [0.1, 0.15) is 49.4 Å². The highest BCUT2D eigenvalue weighted by Gasteiger charge is 2.23. The molecule has 7 nitrogen and oxygen atoms in total. The first-order valence-corrected chi connectivity index (χ1v) is 12.0. The van der Waals surface area contributed by atoms with Crippen LogP contribution >= 0.6 is 35.3 Å². The van der Waals surface area contributed by atoms with E-state index in [1.807, 2.05) is 6.20 Å². The molecule has 2 aliphatic heterocycles. The quantitative estimate of drug-likeness (QED) is 0.337. The summed E-state index contributed by atoms with van der Waals surface area (Å²) in [4.78, 5) is 29.9. The number of rotatable bonds is 6. The Balaban J connectivity index is 0.00000320. The van der Waals surface area contributed by atoms with Crippen LogP contribution in [0.5, 0.6) is 0 Å². The van der Waals surface area contributed by atoms with Crippen LogP contribution in [0.4, 0.5) is 0 Å². The number of carbonyl (C=O) groups is 1. The van der Waals surface area contributed by atoms with E-state index < -0.39 is 0 Å². The summed E-state index contributed by atoms with van der Waals surface area (Å²) in [6.45, 7) is 11.8. The highest BCUT2D eigenvalue weighted by molar-refractivity contribution is 14.0. The summed E-state index contributed by atoms with van der Waals surface area (Å²) in [5.41, 5.74) is 0. The first-order chi connectivity index (χ1) is 14.2. The minimum absolute atomic E-state index is 0. The van der Waals surface area contributed by atoms with Crippen molar-refractivity contribution in [3.8, 4) is 0 Å².